The standard InChI is InChI=1S/C16H24N2O2/c19-13-15-8-11-18(12-9-15)16(20)17-10-4-7-14-5-2-1-3-6-14/h1-3,5-6,15,19H,4,7-13H2,(H,17,20). The van der Waals surface area contributed by atoms with Gasteiger partial charge in [-0.15, -0.1) is 0 Å². The van der Waals surface area contributed by atoms with Crippen molar-refractivity contribution in [3.63, 3.8) is 0 Å². The zero-order chi connectivity index (χ0) is 14.2. The van der Waals surface area contributed by atoms with E-state index in [2.05, 4.69) is 17.4 Å². The van der Waals surface area contributed by atoms with Crippen LogP contribution in [-0.4, -0.2) is 42.3 Å². The molecule has 1 heterocycles. The van der Waals surface area contributed by atoms with Gasteiger partial charge in [-0.2, -0.15) is 0 Å². The number of piperidine rings is 1. The van der Waals surface area contributed by atoms with Crippen LogP contribution in [0, 0.1) is 5.92 Å². The van der Waals surface area contributed by atoms with Gasteiger partial charge in [-0.1, -0.05) is 30.3 Å². The quantitative estimate of drug-likeness (QED) is 0.809. The third-order valence-corrected chi connectivity index (χ3v) is 3.92. The number of nitrogens with one attached hydrogen (secondary N) is 1. The molecule has 20 heavy (non-hydrogen) atoms. The third kappa shape index (κ3) is 4.53. The van der Waals surface area contributed by atoms with Crippen LogP contribution in [0.25, 0.3) is 0 Å². The number of amides is 2. The summed E-state index contributed by atoms with van der Waals surface area (Å²) in [5.74, 6) is 0.372. The summed E-state index contributed by atoms with van der Waals surface area (Å²) in [5.41, 5.74) is 1.31. The van der Waals surface area contributed by atoms with Gasteiger partial charge in [0.2, 0.25) is 0 Å². The lowest BCUT2D eigenvalue weighted by Crippen LogP contribution is -2.45. The van der Waals surface area contributed by atoms with Crippen LogP contribution in [0.1, 0.15) is 24.8 Å². The van der Waals surface area contributed by atoms with Gasteiger partial charge in [-0.05, 0) is 37.2 Å². The van der Waals surface area contributed by atoms with Crippen molar-refractivity contribution in [1.29, 1.82) is 0 Å². The van der Waals surface area contributed by atoms with Crippen molar-refractivity contribution in [2.45, 2.75) is 25.7 Å². The molecule has 110 valence electrons. The number of aliphatic hydroxyl groups is 1. The molecular weight excluding hydrogens is 252 g/mol. The highest BCUT2D eigenvalue weighted by Gasteiger charge is 2.21. The number of aliphatic hydroxyl groups excluding tert-OH is 1. The van der Waals surface area contributed by atoms with Crippen molar-refractivity contribution in [3.8, 4) is 0 Å². The molecule has 1 aliphatic rings. The molecule has 0 atom stereocenters. The fraction of sp³-hybridized carbons (Fsp3) is 0.562. The predicted octanol–water partition coefficient (Wildman–Crippen LogP) is 2.03. The Morgan fingerprint density at radius 1 is 1.25 bits per heavy atom. The Balaban J connectivity index is 1.61. The predicted molar refractivity (Wildman–Crippen MR) is 79.5 cm³/mol. The molecule has 0 spiro atoms. The number of likely N-dealkylation sites (tertiary alicyclic amines) is 1. The minimum atomic E-state index is 0.0365. The van der Waals surface area contributed by atoms with E-state index in [1.165, 1.54) is 5.56 Å². The van der Waals surface area contributed by atoms with Crippen LogP contribution < -0.4 is 5.32 Å². The summed E-state index contributed by atoms with van der Waals surface area (Å²) < 4.78 is 0. The van der Waals surface area contributed by atoms with E-state index in [4.69, 9.17) is 5.11 Å². The number of aryl methyl sites for hydroxylation is 1. The van der Waals surface area contributed by atoms with Crippen molar-refractivity contribution in [1.82, 2.24) is 10.2 Å². The SMILES string of the molecule is O=C(NCCCc1ccccc1)N1CCC(CO)CC1. The van der Waals surface area contributed by atoms with Crippen LogP contribution in [0.15, 0.2) is 30.3 Å². The number of nitrogens with zero attached hydrogens (tertiary/aromatic N) is 1. The molecule has 0 unspecified atom stereocenters. The molecule has 0 bridgehead atoms. The first-order chi connectivity index (χ1) is 9.79. The minimum absolute atomic E-state index is 0.0365. The van der Waals surface area contributed by atoms with E-state index < -0.39 is 0 Å². The number of hydrogen-bond acceptors (Lipinski definition) is 2. The zero-order valence-corrected chi connectivity index (χ0v) is 11.9. The average Bonchev–Trinajstić information content (AvgIpc) is 2.52. The molecule has 0 saturated carbocycles. The van der Waals surface area contributed by atoms with Crippen molar-refractivity contribution in [2.75, 3.05) is 26.2 Å². The van der Waals surface area contributed by atoms with E-state index in [0.717, 1.165) is 38.8 Å². The number of carbonyl (C=O) groups excluding carboxylic acids is 1. The number of benzene rings is 1. The van der Waals surface area contributed by atoms with Crippen LogP contribution in [-0.2, 0) is 6.42 Å². The average molecular weight is 276 g/mol. The molecular formula is C16H24N2O2. The highest BCUT2D eigenvalue weighted by Crippen LogP contribution is 2.16. The highest BCUT2D eigenvalue weighted by atomic mass is 16.3. The van der Waals surface area contributed by atoms with E-state index in [1.807, 2.05) is 23.1 Å². The Morgan fingerprint density at radius 3 is 2.60 bits per heavy atom. The lowest BCUT2D eigenvalue weighted by atomic mass is 9.98. The van der Waals surface area contributed by atoms with Gasteiger partial charge >= 0.3 is 6.03 Å². The number of rotatable bonds is 5. The first-order valence-corrected chi connectivity index (χ1v) is 7.47. The molecule has 2 N–H and O–H groups in total. The number of hydrogen-bond donors (Lipinski definition) is 2. The van der Waals surface area contributed by atoms with Gasteiger partial charge < -0.3 is 15.3 Å². The molecule has 1 fully saturated rings. The molecule has 0 radical (unpaired) electrons. The van der Waals surface area contributed by atoms with E-state index in [-0.39, 0.29) is 12.6 Å². The first kappa shape index (κ1) is 14.9. The Kier molecular flexibility index (Phi) is 5.87. The van der Waals surface area contributed by atoms with Crippen LogP contribution in [0.5, 0.6) is 0 Å². The summed E-state index contributed by atoms with van der Waals surface area (Å²) in [7, 11) is 0. The summed E-state index contributed by atoms with van der Waals surface area (Å²) >= 11 is 0. The van der Waals surface area contributed by atoms with E-state index in [1.54, 1.807) is 0 Å². The van der Waals surface area contributed by atoms with Crippen LogP contribution in [0.4, 0.5) is 4.79 Å². The fourth-order valence-electron chi connectivity index (χ4n) is 2.56. The molecule has 1 aliphatic heterocycles. The monoisotopic (exact) mass is 276 g/mol. The smallest absolute Gasteiger partial charge is 0.317 e. The second kappa shape index (κ2) is 7.90. The van der Waals surface area contributed by atoms with Crippen molar-refractivity contribution < 1.29 is 9.90 Å². The van der Waals surface area contributed by atoms with Crippen molar-refractivity contribution in [2.24, 2.45) is 5.92 Å². The Hall–Kier alpha value is -1.55. The molecule has 4 heteroatoms. The van der Waals surface area contributed by atoms with Gasteiger partial charge in [0.15, 0.2) is 0 Å². The molecule has 4 nitrogen and oxygen atoms in total. The maximum absolute atomic E-state index is 12.0. The maximum atomic E-state index is 12.0. The number of carbonyl (C=O) groups is 1. The summed E-state index contributed by atoms with van der Waals surface area (Å²) in [6.45, 7) is 2.48. The highest BCUT2D eigenvalue weighted by molar-refractivity contribution is 5.74. The lowest BCUT2D eigenvalue weighted by molar-refractivity contribution is 0.137. The zero-order valence-electron chi connectivity index (χ0n) is 11.9. The molecule has 1 saturated heterocycles. The second-order valence-corrected chi connectivity index (χ2v) is 5.43. The largest absolute Gasteiger partial charge is 0.396 e. The van der Waals surface area contributed by atoms with Gasteiger partial charge in [0.05, 0.1) is 0 Å². The molecule has 2 rings (SSSR count). The summed E-state index contributed by atoms with van der Waals surface area (Å²) in [6.07, 6.45) is 3.78. The van der Waals surface area contributed by atoms with Gasteiger partial charge in [0.25, 0.3) is 0 Å². The van der Waals surface area contributed by atoms with E-state index in [9.17, 15) is 4.79 Å². The van der Waals surface area contributed by atoms with Gasteiger partial charge in [0.1, 0.15) is 0 Å². The first-order valence-electron chi connectivity index (χ1n) is 7.47. The summed E-state index contributed by atoms with van der Waals surface area (Å²) in [4.78, 5) is 13.8. The van der Waals surface area contributed by atoms with E-state index >= 15 is 0 Å². The minimum Gasteiger partial charge on any atom is -0.396 e. The second-order valence-electron chi connectivity index (χ2n) is 5.43. The fourth-order valence-corrected chi connectivity index (χ4v) is 2.56. The molecule has 2 amide bonds. The van der Waals surface area contributed by atoms with Gasteiger partial charge in [0, 0.05) is 26.2 Å². The lowest BCUT2D eigenvalue weighted by Gasteiger charge is -2.31. The van der Waals surface area contributed by atoms with Crippen LogP contribution in [0.3, 0.4) is 0 Å². The van der Waals surface area contributed by atoms with Crippen molar-refractivity contribution in [3.05, 3.63) is 35.9 Å². The normalized spacial score (nSPS) is 16.1. The van der Waals surface area contributed by atoms with Crippen LogP contribution in [0.2, 0.25) is 0 Å². The summed E-state index contributed by atoms with van der Waals surface area (Å²) in [6, 6.07) is 10.4. The summed E-state index contributed by atoms with van der Waals surface area (Å²) in [5, 5.41) is 12.1. The Morgan fingerprint density at radius 2 is 1.95 bits per heavy atom. The Labute approximate surface area is 120 Å². The van der Waals surface area contributed by atoms with Gasteiger partial charge in [-0.3, -0.25) is 0 Å². The number of urea groups is 1. The van der Waals surface area contributed by atoms with Crippen LogP contribution >= 0.6 is 0 Å². The topological polar surface area (TPSA) is 52.6 Å². The maximum Gasteiger partial charge on any atom is 0.317 e. The van der Waals surface area contributed by atoms with Gasteiger partial charge in [-0.25, -0.2) is 4.79 Å². The third-order valence-electron chi connectivity index (χ3n) is 3.92. The molecule has 1 aromatic carbocycles. The molecule has 0 aromatic heterocycles. The molecule has 0 aliphatic carbocycles. The van der Waals surface area contributed by atoms with E-state index in [0.29, 0.717) is 12.5 Å². The molecule has 1 aromatic rings. The van der Waals surface area contributed by atoms with Crippen molar-refractivity contribution >= 4 is 6.03 Å². The Bertz CT molecular complexity index is 400.